The molecular weight excluding hydrogens is 448 g/mol. The summed E-state index contributed by atoms with van der Waals surface area (Å²) in [5, 5.41) is -0.0333. The van der Waals surface area contributed by atoms with E-state index in [1.54, 1.807) is 7.11 Å². The Labute approximate surface area is 183 Å². The largest absolute Gasteiger partial charge is 0.497 e. The van der Waals surface area contributed by atoms with E-state index in [1.807, 2.05) is 24.3 Å². The van der Waals surface area contributed by atoms with Crippen molar-refractivity contribution in [3.8, 4) is 5.75 Å². The van der Waals surface area contributed by atoms with E-state index in [4.69, 9.17) is 16.3 Å². The van der Waals surface area contributed by atoms with Crippen molar-refractivity contribution in [3.05, 3.63) is 53.1 Å². The molecule has 30 heavy (non-hydrogen) atoms. The molecule has 0 spiro atoms. The van der Waals surface area contributed by atoms with Crippen molar-refractivity contribution in [1.82, 2.24) is 9.62 Å². The van der Waals surface area contributed by atoms with Crippen LogP contribution >= 0.6 is 11.6 Å². The summed E-state index contributed by atoms with van der Waals surface area (Å²) >= 11 is 6.09. The van der Waals surface area contributed by atoms with Crippen LogP contribution in [-0.4, -0.2) is 54.7 Å². The lowest BCUT2D eigenvalue weighted by molar-refractivity contribution is 0.246. The van der Waals surface area contributed by atoms with E-state index in [0.717, 1.165) is 43.8 Å². The second kappa shape index (κ2) is 9.23. The van der Waals surface area contributed by atoms with Crippen molar-refractivity contribution < 1.29 is 21.6 Å². The summed E-state index contributed by atoms with van der Waals surface area (Å²) < 4.78 is 57.5. The summed E-state index contributed by atoms with van der Waals surface area (Å²) in [6.45, 7) is 1.86. The van der Waals surface area contributed by atoms with Gasteiger partial charge >= 0.3 is 0 Å². The average Bonchev–Trinajstić information content (AvgIpc) is 3.22. The molecule has 1 unspecified atom stereocenters. The van der Waals surface area contributed by atoms with Gasteiger partial charge in [-0.3, -0.25) is 4.90 Å². The highest BCUT2D eigenvalue weighted by molar-refractivity contribution is 7.91. The Morgan fingerprint density at radius 3 is 2.43 bits per heavy atom. The summed E-state index contributed by atoms with van der Waals surface area (Å²) in [5.74, 6) is 0.698. The highest BCUT2D eigenvalue weighted by atomic mass is 35.5. The molecule has 0 saturated carbocycles. The third-order valence-electron chi connectivity index (χ3n) is 5.15. The van der Waals surface area contributed by atoms with E-state index in [0.29, 0.717) is 5.75 Å². The van der Waals surface area contributed by atoms with Crippen molar-refractivity contribution in [3.63, 3.8) is 0 Å². The Morgan fingerprint density at radius 2 is 1.80 bits per heavy atom. The first-order valence-corrected chi connectivity index (χ1v) is 13.2. The van der Waals surface area contributed by atoms with Gasteiger partial charge in [-0.25, -0.2) is 21.6 Å². The summed E-state index contributed by atoms with van der Waals surface area (Å²) in [6, 6.07) is 11.0. The Hall–Kier alpha value is -1.65. The van der Waals surface area contributed by atoms with E-state index >= 15 is 0 Å². The van der Waals surface area contributed by atoms with E-state index in [1.165, 1.54) is 12.1 Å². The van der Waals surface area contributed by atoms with Crippen molar-refractivity contribution in [2.24, 2.45) is 0 Å². The predicted molar refractivity (Wildman–Crippen MR) is 116 cm³/mol. The quantitative estimate of drug-likeness (QED) is 0.635. The fraction of sp³-hybridized carbons (Fsp3) is 0.400. The maximum Gasteiger partial charge on any atom is 0.242 e. The van der Waals surface area contributed by atoms with E-state index in [2.05, 4.69) is 9.62 Å². The number of halogens is 1. The third kappa shape index (κ3) is 5.33. The van der Waals surface area contributed by atoms with Gasteiger partial charge in [0, 0.05) is 18.8 Å². The molecule has 2 aromatic carbocycles. The molecule has 10 heteroatoms. The standard InChI is InChI=1S/C20H25ClN2O5S2/c1-28-16-7-5-6-15(12-16)19(23-10-3-4-11-23)14-22-30(26,27)20-13-17(29(2,24)25)8-9-18(20)21/h5-9,12-13,19,22H,3-4,10-11,14H2,1-2H3. The van der Waals surface area contributed by atoms with Gasteiger partial charge in [-0.05, 0) is 61.8 Å². The molecule has 3 rings (SSSR count). The summed E-state index contributed by atoms with van der Waals surface area (Å²) in [5.41, 5.74) is 0.940. The van der Waals surface area contributed by atoms with Crippen LogP contribution in [0.5, 0.6) is 5.75 Å². The number of hydrogen-bond acceptors (Lipinski definition) is 6. The lowest BCUT2D eigenvalue weighted by atomic mass is 10.1. The number of nitrogens with zero attached hydrogens (tertiary/aromatic N) is 1. The highest BCUT2D eigenvalue weighted by Gasteiger charge is 2.27. The first-order valence-electron chi connectivity index (χ1n) is 9.49. The number of sulfone groups is 1. The molecule has 1 atom stereocenters. The molecule has 1 aliphatic heterocycles. The number of likely N-dealkylation sites (tertiary alicyclic amines) is 1. The molecule has 1 saturated heterocycles. The molecule has 0 amide bonds. The summed E-state index contributed by atoms with van der Waals surface area (Å²) in [4.78, 5) is 1.88. The number of hydrogen-bond donors (Lipinski definition) is 1. The second-order valence-corrected chi connectivity index (χ2v) is 11.4. The minimum absolute atomic E-state index is 0.0333. The van der Waals surface area contributed by atoms with E-state index < -0.39 is 19.9 Å². The molecule has 0 aromatic heterocycles. The first-order chi connectivity index (χ1) is 14.1. The van der Waals surface area contributed by atoms with Gasteiger partial charge in [-0.2, -0.15) is 0 Å². The monoisotopic (exact) mass is 472 g/mol. The minimum atomic E-state index is -4.03. The van der Waals surface area contributed by atoms with Gasteiger partial charge in [0.15, 0.2) is 9.84 Å². The number of sulfonamides is 1. The zero-order valence-corrected chi connectivity index (χ0v) is 19.2. The van der Waals surface area contributed by atoms with Gasteiger partial charge in [0.1, 0.15) is 10.6 Å². The van der Waals surface area contributed by atoms with Gasteiger partial charge < -0.3 is 4.74 Å². The second-order valence-electron chi connectivity index (χ2n) is 7.25. The van der Waals surface area contributed by atoms with Crippen molar-refractivity contribution in [2.45, 2.75) is 28.7 Å². The van der Waals surface area contributed by atoms with Crippen LogP contribution < -0.4 is 9.46 Å². The maximum absolute atomic E-state index is 13.0. The smallest absolute Gasteiger partial charge is 0.242 e. The first kappa shape index (κ1) is 23.0. The van der Waals surface area contributed by atoms with Gasteiger partial charge in [-0.15, -0.1) is 0 Å². The summed E-state index contributed by atoms with van der Waals surface area (Å²) in [6.07, 6.45) is 3.12. The molecule has 0 radical (unpaired) electrons. The Bertz CT molecular complexity index is 1110. The number of nitrogens with one attached hydrogen (secondary N) is 1. The zero-order valence-electron chi connectivity index (χ0n) is 16.8. The van der Waals surface area contributed by atoms with Gasteiger partial charge in [0.2, 0.25) is 10.0 Å². The zero-order chi connectivity index (χ0) is 21.9. The maximum atomic E-state index is 13.0. The average molecular weight is 473 g/mol. The number of methoxy groups -OCH3 is 1. The van der Waals surface area contributed by atoms with Crippen molar-refractivity contribution in [1.29, 1.82) is 0 Å². The van der Waals surface area contributed by atoms with E-state index in [9.17, 15) is 16.8 Å². The molecule has 0 aliphatic carbocycles. The molecule has 2 aromatic rings. The van der Waals surface area contributed by atoms with Crippen LogP contribution in [0.3, 0.4) is 0 Å². The molecule has 0 bridgehead atoms. The van der Waals surface area contributed by atoms with Gasteiger partial charge in [0.05, 0.1) is 17.0 Å². The fourth-order valence-corrected chi connectivity index (χ4v) is 5.83. The SMILES string of the molecule is COc1cccc(C(CNS(=O)(=O)c2cc(S(C)(=O)=O)ccc2Cl)N2CCCC2)c1. The predicted octanol–water partition coefficient (Wildman–Crippen LogP) is 2.87. The van der Waals surface area contributed by atoms with Crippen LogP contribution in [0.4, 0.5) is 0 Å². The van der Waals surface area contributed by atoms with Crippen LogP contribution in [0.25, 0.3) is 0 Å². The third-order valence-corrected chi connectivity index (χ3v) is 8.16. The van der Waals surface area contributed by atoms with Crippen molar-refractivity contribution >= 4 is 31.5 Å². The van der Waals surface area contributed by atoms with Gasteiger partial charge in [0.25, 0.3) is 0 Å². The van der Waals surface area contributed by atoms with Crippen LogP contribution in [0.1, 0.15) is 24.4 Å². The molecule has 1 heterocycles. The summed E-state index contributed by atoms with van der Waals surface area (Å²) in [7, 11) is -6.01. The Morgan fingerprint density at radius 1 is 1.10 bits per heavy atom. The number of ether oxygens (including phenoxy) is 1. The fourth-order valence-electron chi connectivity index (χ4n) is 3.55. The van der Waals surface area contributed by atoms with Gasteiger partial charge in [-0.1, -0.05) is 23.7 Å². The van der Waals surface area contributed by atoms with Crippen LogP contribution in [0, 0.1) is 0 Å². The van der Waals surface area contributed by atoms with Crippen molar-refractivity contribution in [2.75, 3.05) is 33.0 Å². The molecule has 1 fully saturated rings. The molecule has 164 valence electrons. The normalized spacial score (nSPS) is 16.5. The van der Waals surface area contributed by atoms with Crippen LogP contribution in [0.15, 0.2) is 52.3 Å². The topological polar surface area (TPSA) is 92.8 Å². The molecule has 1 aliphatic rings. The Kier molecular flexibility index (Phi) is 7.09. The van der Waals surface area contributed by atoms with Crippen LogP contribution in [-0.2, 0) is 19.9 Å². The number of rotatable bonds is 8. The van der Waals surface area contributed by atoms with Crippen LogP contribution in [0.2, 0.25) is 5.02 Å². The van der Waals surface area contributed by atoms with E-state index in [-0.39, 0.29) is 27.4 Å². The lowest BCUT2D eigenvalue weighted by Crippen LogP contribution is -2.37. The highest BCUT2D eigenvalue weighted by Crippen LogP contribution is 2.29. The molecular formula is C20H25ClN2O5S2. The minimum Gasteiger partial charge on any atom is -0.497 e. The number of benzene rings is 2. The molecule has 1 N–H and O–H groups in total. The lowest BCUT2D eigenvalue weighted by Gasteiger charge is -2.28. The Balaban J connectivity index is 1.89. The molecule has 7 nitrogen and oxygen atoms in total.